The van der Waals surface area contributed by atoms with Crippen LogP contribution in [-0.2, 0) is 4.79 Å². The number of rotatable bonds is 5. The molecule has 2 amide bonds. The molecule has 0 aliphatic rings. The fourth-order valence-corrected chi connectivity index (χ4v) is 2.86. The van der Waals surface area contributed by atoms with E-state index in [4.69, 9.17) is 0 Å². The van der Waals surface area contributed by atoms with Gasteiger partial charge in [0.05, 0.1) is 23.8 Å². The summed E-state index contributed by atoms with van der Waals surface area (Å²) in [6.45, 7) is -0.544. The molecule has 0 aliphatic carbocycles. The summed E-state index contributed by atoms with van der Waals surface area (Å²) in [6, 6.07) is 14.9. The van der Waals surface area contributed by atoms with Crippen molar-refractivity contribution >= 4 is 39.3 Å². The molecule has 1 atom stereocenters. The van der Waals surface area contributed by atoms with Crippen molar-refractivity contribution in [1.82, 2.24) is 20.5 Å². The predicted octanol–water partition coefficient (Wildman–Crippen LogP) is 1.84. The molecule has 8 nitrogen and oxygen atoms in total. The number of carbonyl (C=O) groups is 2. The molecule has 0 fully saturated rings. The Balaban J connectivity index is 1.47. The maximum absolute atomic E-state index is 12.5. The molecule has 140 valence electrons. The molecule has 4 aromatic rings. The van der Waals surface area contributed by atoms with Crippen LogP contribution in [0.1, 0.15) is 10.5 Å². The zero-order valence-corrected chi connectivity index (χ0v) is 14.7. The van der Waals surface area contributed by atoms with Gasteiger partial charge in [-0.3, -0.25) is 14.7 Å². The summed E-state index contributed by atoms with van der Waals surface area (Å²) in [6.07, 6.45) is 1.67. The summed E-state index contributed by atoms with van der Waals surface area (Å²) in [5.41, 5.74) is 2.14. The maximum Gasteiger partial charge on any atom is 0.270 e. The molecule has 4 N–H and O–H groups in total. The number of pyridine rings is 1. The summed E-state index contributed by atoms with van der Waals surface area (Å²) in [7, 11) is 0. The zero-order chi connectivity index (χ0) is 19.5. The Morgan fingerprint density at radius 1 is 1.07 bits per heavy atom. The van der Waals surface area contributed by atoms with Gasteiger partial charge in [-0.05, 0) is 30.3 Å². The van der Waals surface area contributed by atoms with Gasteiger partial charge in [-0.2, -0.15) is 5.10 Å². The Kier molecular flexibility index (Phi) is 4.69. The molecule has 28 heavy (non-hydrogen) atoms. The number of para-hydroxylation sites is 1. The molecule has 1 unspecified atom stereocenters. The second-order valence-electron chi connectivity index (χ2n) is 6.26. The quantitative estimate of drug-likeness (QED) is 0.424. The third kappa shape index (κ3) is 3.53. The topological polar surface area (TPSA) is 120 Å². The van der Waals surface area contributed by atoms with Gasteiger partial charge in [0.2, 0.25) is 5.91 Å². The van der Waals surface area contributed by atoms with Crippen molar-refractivity contribution in [1.29, 1.82) is 0 Å². The number of nitrogens with zero attached hydrogens (tertiary/aromatic N) is 2. The highest BCUT2D eigenvalue weighted by Gasteiger charge is 2.21. The van der Waals surface area contributed by atoms with E-state index in [9.17, 15) is 14.7 Å². The van der Waals surface area contributed by atoms with Crippen molar-refractivity contribution in [3.8, 4) is 0 Å². The van der Waals surface area contributed by atoms with Crippen molar-refractivity contribution < 1.29 is 14.7 Å². The van der Waals surface area contributed by atoms with E-state index in [1.54, 1.807) is 42.6 Å². The number of fused-ring (bicyclic) bond motifs is 2. The van der Waals surface area contributed by atoms with E-state index >= 15 is 0 Å². The first kappa shape index (κ1) is 17.6. The molecule has 2 heterocycles. The van der Waals surface area contributed by atoms with E-state index in [-0.39, 0.29) is 5.69 Å². The van der Waals surface area contributed by atoms with Crippen LogP contribution in [0.2, 0.25) is 0 Å². The van der Waals surface area contributed by atoms with Crippen LogP contribution in [0.25, 0.3) is 21.8 Å². The third-order valence-electron chi connectivity index (χ3n) is 4.34. The minimum absolute atomic E-state index is 0.170. The zero-order valence-electron chi connectivity index (χ0n) is 14.7. The molecule has 0 saturated heterocycles. The fraction of sp³-hybridized carbons (Fsp3) is 0.100. The summed E-state index contributed by atoms with van der Waals surface area (Å²) in [5.74, 6) is -1.07. The number of benzene rings is 2. The van der Waals surface area contributed by atoms with Crippen molar-refractivity contribution in [3.05, 3.63) is 66.5 Å². The van der Waals surface area contributed by atoms with Crippen LogP contribution in [0.4, 0.5) is 5.69 Å². The standard InChI is InChI=1S/C20H17N5O3/c26-11-18(20(28)22-14-7-5-13-10-21-25-17(13)9-14)24-19(27)16-8-6-12-3-1-2-4-15(12)23-16/h1-10,18,26H,11H2,(H,21,25)(H,22,28)(H,24,27). The van der Waals surface area contributed by atoms with Crippen LogP contribution in [0, 0.1) is 0 Å². The molecule has 8 heteroatoms. The first-order valence-electron chi connectivity index (χ1n) is 8.65. The number of aliphatic hydroxyl groups excluding tert-OH is 1. The van der Waals surface area contributed by atoms with Gasteiger partial charge in [-0.25, -0.2) is 4.98 Å². The Bertz CT molecular complexity index is 1170. The minimum Gasteiger partial charge on any atom is -0.394 e. The third-order valence-corrected chi connectivity index (χ3v) is 4.34. The lowest BCUT2D eigenvalue weighted by atomic mass is 10.2. The monoisotopic (exact) mass is 375 g/mol. The number of hydrogen-bond donors (Lipinski definition) is 4. The van der Waals surface area contributed by atoms with E-state index in [2.05, 4.69) is 25.8 Å². The normalized spacial score (nSPS) is 12.0. The SMILES string of the molecule is O=C(NC(CO)C(=O)Nc1ccc2cn[nH]c2c1)c1ccc2ccccc2n1. The van der Waals surface area contributed by atoms with Crippen molar-refractivity contribution in [3.63, 3.8) is 0 Å². The number of aliphatic hydroxyl groups is 1. The van der Waals surface area contributed by atoms with Crippen LogP contribution < -0.4 is 10.6 Å². The van der Waals surface area contributed by atoms with E-state index in [1.807, 2.05) is 18.2 Å². The number of carbonyl (C=O) groups excluding carboxylic acids is 2. The van der Waals surface area contributed by atoms with Gasteiger partial charge in [0.15, 0.2) is 0 Å². The highest BCUT2D eigenvalue weighted by Crippen LogP contribution is 2.17. The summed E-state index contributed by atoms with van der Waals surface area (Å²) in [4.78, 5) is 29.2. The molecule has 0 bridgehead atoms. The molecule has 2 aromatic heterocycles. The van der Waals surface area contributed by atoms with Crippen molar-refractivity contribution in [2.45, 2.75) is 6.04 Å². The Morgan fingerprint density at radius 2 is 1.89 bits per heavy atom. The Labute approximate surface area is 159 Å². The van der Waals surface area contributed by atoms with Crippen LogP contribution in [0.5, 0.6) is 0 Å². The fourth-order valence-electron chi connectivity index (χ4n) is 2.86. The van der Waals surface area contributed by atoms with Crippen LogP contribution in [0.3, 0.4) is 0 Å². The van der Waals surface area contributed by atoms with E-state index in [1.165, 1.54) is 0 Å². The average molecular weight is 375 g/mol. The minimum atomic E-state index is -1.11. The smallest absolute Gasteiger partial charge is 0.270 e. The molecular formula is C20H17N5O3. The highest BCUT2D eigenvalue weighted by molar-refractivity contribution is 6.02. The number of anilines is 1. The van der Waals surface area contributed by atoms with Crippen molar-refractivity contribution in [2.75, 3.05) is 11.9 Å². The molecule has 0 radical (unpaired) electrons. The molecule has 2 aromatic carbocycles. The van der Waals surface area contributed by atoms with Crippen LogP contribution in [0.15, 0.2) is 60.8 Å². The summed E-state index contributed by atoms with van der Waals surface area (Å²) in [5, 5.41) is 23.3. The maximum atomic E-state index is 12.5. The van der Waals surface area contributed by atoms with Crippen LogP contribution in [-0.4, -0.2) is 44.8 Å². The molecular weight excluding hydrogens is 358 g/mol. The lowest BCUT2D eigenvalue weighted by molar-refractivity contribution is -0.118. The Hall–Kier alpha value is -3.78. The highest BCUT2D eigenvalue weighted by atomic mass is 16.3. The second kappa shape index (κ2) is 7.45. The number of amides is 2. The lowest BCUT2D eigenvalue weighted by Crippen LogP contribution is -2.46. The van der Waals surface area contributed by atoms with Gasteiger partial charge in [0, 0.05) is 16.5 Å². The summed E-state index contributed by atoms with van der Waals surface area (Å²) < 4.78 is 0. The first-order chi connectivity index (χ1) is 13.6. The van der Waals surface area contributed by atoms with Gasteiger partial charge in [0.1, 0.15) is 11.7 Å². The van der Waals surface area contributed by atoms with Crippen molar-refractivity contribution in [2.24, 2.45) is 0 Å². The molecule has 0 saturated carbocycles. The van der Waals surface area contributed by atoms with E-state index < -0.39 is 24.5 Å². The number of nitrogens with one attached hydrogen (secondary N) is 3. The van der Waals surface area contributed by atoms with Gasteiger partial charge in [-0.15, -0.1) is 0 Å². The molecule has 4 rings (SSSR count). The number of aromatic amines is 1. The molecule has 0 spiro atoms. The number of hydrogen-bond acceptors (Lipinski definition) is 5. The second-order valence-corrected chi connectivity index (χ2v) is 6.26. The van der Waals surface area contributed by atoms with Gasteiger partial charge >= 0.3 is 0 Å². The molecule has 0 aliphatic heterocycles. The Morgan fingerprint density at radius 3 is 2.75 bits per heavy atom. The summed E-state index contributed by atoms with van der Waals surface area (Å²) >= 11 is 0. The van der Waals surface area contributed by atoms with Crippen LogP contribution >= 0.6 is 0 Å². The van der Waals surface area contributed by atoms with Gasteiger partial charge in [-0.1, -0.05) is 24.3 Å². The van der Waals surface area contributed by atoms with Gasteiger partial charge in [0.25, 0.3) is 5.91 Å². The average Bonchev–Trinajstić information content (AvgIpc) is 3.19. The number of aromatic nitrogens is 3. The van der Waals surface area contributed by atoms with E-state index in [0.717, 1.165) is 16.3 Å². The largest absolute Gasteiger partial charge is 0.394 e. The first-order valence-corrected chi connectivity index (χ1v) is 8.65. The van der Waals surface area contributed by atoms with E-state index in [0.29, 0.717) is 11.2 Å². The predicted molar refractivity (Wildman–Crippen MR) is 105 cm³/mol. The lowest BCUT2D eigenvalue weighted by Gasteiger charge is -2.16. The van der Waals surface area contributed by atoms with Gasteiger partial charge < -0.3 is 15.7 Å². The number of H-pyrrole nitrogens is 1.